The molecule has 1 N–H and O–H groups in total. The number of carbonyl (C=O) groups excluding carboxylic acids is 2. The molecule has 5 heteroatoms. The van der Waals surface area contributed by atoms with Gasteiger partial charge in [-0.1, -0.05) is 24.3 Å². The summed E-state index contributed by atoms with van der Waals surface area (Å²) in [5.74, 6) is -2.04. The molecule has 0 atom stereocenters. The van der Waals surface area contributed by atoms with Gasteiger partial charge < -0.3 is 10.1 Å². The molecule has 4 nitrogen and oxygen atoms in total. The van der Waals surface area contributed by atoms with E-state index in [1.807, 2.05) is 0 Å². The molecule has 2 aromatic rings. The molecule has 0 saturated heterocycles. The van der Waals surface area contributed by atoms with E-state index in [-0.39, 0.29) is 11.3 Å². The molecule has 0 bridgehead atoms. The van der Waals surface area contributed by atoms with Gasteiger partial charge >= 0.3 is 5.97 Å². The lowest BCUT2D eigenvalue weighted by atomic mass is 10.1. The Bertz CT molecular complexity index is 721. The Labute approximate surface area is 134 Å². The zero-order valence-electron chi connectivity index (χ0n) is 13.2. The van der Waals surface area contributed by atoms with Crippen LogP contribution >= 0.6 is 0 Å². The number of carbonyl (C=O) groups is 2. The van der Waals surface area contributed by atoms with Gasteiger partial charge in [-0.15, -0.1) is 0 Å². The molecule has 23 heavy (non-hydrogen) atoms. The van der Waals surface area contributed by atoms with Crippen LogP contribution in [0.2, 0.25) is 0 Å². The number of amides is 1. The molecule has 0 fully saturated rings. The Kier molecular flexibility index (Phi) is 4.79. The van der Waals surface area contributed by atoms with Crippen molar-refractivity contribution in [2.75, 3.05) is 5.32 Å². The van der Waals surface area contributed by atoms with Crippen LogP contribution in [0.1, 0.15) is 41.5 Å². The highest BCUT2D eigenvalue weighted by Crippen LogP contribution is 2.21. The maximum Gasteiger partial charge on any atom is 0.341 e. The van der Waals surface area contributed by atoms with Crippen LogP contribution in [0, 0.1) is 5.82 Å². The molecule has 0 saturated carbocycles. The summed E-state index contributed by atoms with van der Waals surface area (Å²) in [4.78, 5) is 24.1. The smallest absolute Gasteiger partial charge is 0.341 e. The number of hydrogen-bond donors (Lipinski definition) is 1. The topological polar surface area (TPSA) is 55.4 Å². The summed E-state index contributed by atoms with van der Waals surface area (Å²) < 4.78 is 19.6. The molecule has 0 spiro atoms. The van der Waals surface area contributed by atoms with Crippen LogP contribution < -0.4 is 5.32 Å². The van der Waals surface area contributed by atoms with Gasteiger partial charge in [0.2, 0.25) is 0 Å². The predicted octanol–water partition coefficient (Wildman–Crippen LogP) is 4.03. The first-order valence-corrected chi connectivity index (χ1v) is 7.16. The second kappa shape index (κ2) is 6.60. The number of benzene rings is 2. The summed E-state index contributed by atoms with van der Waals surface area (Å²) >= 11 is 0. The van der Waals surface area contributed by atoms with Gasteiger partial charge in [0.25, 0.3) is 5.91 Å². The van der Waals surface area contributed by atoms with Crippen LogP contribution in [0.3, 0.4) is 0 Å². The van der Waals surface area contributed by atoms with E-state index in [9.17, 15) is 14.0 Å². The number of nitrogens with one attached hydrogen (secondary N) is 1. The number of rotatable bonds is 3. The van der Waals surface area contributed by atoms with Crippen molar-refractivity contribution in [2.24, 2.45) is 0 Å². The second-order valence-corrected chi connectivity index (χ2v) is 5.99. The summed E-state index contributed by atoms with van der Waals surface area (Å²) in [7, 11) is 0. The lowest BCUT2D eigenvalue weighted by Gasteiger charge is -2.20. The average molecular weight is 315 g/mol. The standard InChI is InChI=1S/C18H18FNO3/c1-18(2,3)23-17(22)13-10-7-11-14(15(13)19)20-16(21)12-8-5-4-6-9-12/h4-11H,1-3H3,(H,20,21). The number of anilines is 1. The SMILES string of the molecule is CC(C)(C)OC(=O)c1cccc(NC(=O)c2ccccc2)c1F. The van der Waals surface area contributed by atoms with Crippen LogP contribution in [-0.4, -0.2) is 17.5 Å². The number of ether oxygens (including phenoxy) is 1. The van der Waals surface area contributed by atoms with Gasteiger partial charge in [0, 0.05) is 5.56 Å². The third kappa shape index (κ3) is 4.39. The molecule has 0 radical (unpaired) electrons. The van der Waals surface area contributed by atoms with Crippen LogP contribution in [0.5, 0.6) is 0 Å². The Morgan fingerprint density at radius 1 is 1.00 bits per heavy atom. The monoisotopic (exact) mass is 315 g/mol. The van der Waals surface area contributed by atoms with Crippen LogP contribution in [0.25, 0.3) is 0 Å². The van der Waals surface area contributed by atoms with Crippen molar-refractivity contribution >= 4 is 17.6 Å². The van der Waals surface area contributed by atoms with E-state index in [1.165, 1.54) is 18.2 Å². The fourth-order valence-corrected chi connectivity index (χ4v) is 1.90. The molecule has 0 aliphatic rings. The van der Waals surface area contributed by atoms with Gasteiger partial charge in [0.1, 0.15) is 5.60 Å². The third-order valence-electron chi connectivity index (χ3n) is 2.90. The number of hydrogen-bond acceptors (Lipinski definition) is 3. The number of esters is 1. The van der Waals surface area contributed by atoms with Gasteiger partial charge in [-0.2, -0.15) is 0 Å². The van der Waals surface area contributed by atoms with E-state index in [0.29, 0.717) is 5.56 Å². The Balaban J connectivity index is 2.23. The third-order valence-corrected chi connectivity index (χ3v) is 2.90. The minimum absolute atomic E-state index is 0.0674. The predicted molar refractivity (Wildman–Crippen MR) is 86.0 cm³/mol. The fraction of sp³-hybridized carbons (Fsp3) is 0.222. The number of halogens is 1. The highest BCUT2D eigenvalue weighted by atomic mass is 19.1. The van der Waals surface area contributed by atoms with E-state index in [1.54, 1.807) is 51.1 Å². The highest BCUT2D eigenvalue weighted by molar-refractivity contribution is 6.05. The molecular weight excluding hydrogens is 297 g/mol. The van der Waals surface area contributed by atoms with Crippen molar-refractivity contribution in [3.8, 4) is 0 Å². The van der Waals surface area contributed by atoms with Crippen molar-refractivity contribution in [1.82, 2.24) is 0 Å². The molecule has 0 unspecified atom stereocenters. The van der Waals surface area contributed by atoms with Crippen molar-refractivity contribution < 1.29 is 18.7 Å². The van der Waals surface area contributed by atoms with Crippen molar-refractivity contribution in [2.45, 2.75) is 26.4 Å². The van der Waals surface area contributed by atoms with E-state index in [0.717, 1.165) is 0 Å². The molecule has 2 aromatic carbocycles. The molecule has 0 aliphatic heterocycles. The summed E-state index contributed by atoms with van der Waals surface area (Å²) in [6.07, 6.45) is 0. The van der Waals surface area contributed by atoms with Crippen LogP contribution in [-0.2, 0) is 4.74 Å². The molecule has 1 amide bonds. The first kappa shape index (κ1) is 16.7. The second-order valence-electron chi connectivity index (χ2n) is 5.99. The quantitative estimate of drug-likeness (QED) is 0.870. The van der Waals surface area contributed by atoms with Gasteiger partial charge in [0.15, 0.2) is 5.82 Å². The molecule has 0 aliphatic carbocycles. The summed E-state index contributed by atoms with van der Waals surface area (Å²) in [5, 5.41) is 2.46. The Morgan fingerprint density at radius 2 is 1.65 bits per heavy atom. The van der Waals surface area contributed by atoms with Crippen LogP contribution in [0.4, 0.5) is 10.1 Å². The molecule has 0 aromatic heterocycles. The summed E-state index contributed by atoms with van der Waals surface area (Å²) in [5.41, 5.74) is -0.616. The van der Waals surface area contributed by atoms with Crippen LogP contribution in [0.15, 0.2) is 48.5 Å². The molecular formula is C18H18FNO3. The first-order valence-electron chi connectivity index (χ1n) is 7.16. The zero-order valence-corrected chi connectivity index (χ0v) is 13.2. The molecule has 0 heterocycles. The lowest BCUT2D eigenvalue weighted by molar-refractivity contribution is 0.00647. The Hall–Kier alpha value is -2.69. The van der Waals surface area contributed by atoms with Crippen molar-refractivity contribution in [3.05, 3.63) is 65.5 Å². The van der Waals surface area contributed by atoms with Gasteiger partial charge in [-0.25, -0.2) is 9.18 Å². The first-order chi connectivity index (χ1) is 10.8. The van der Waals surface area contributed by atoms with Gasteiger partial charge in [0.05, 0.1) is 11.3 Å². The largest absolute Gasteiger partial charge is 0.456 e. The zero-order chi connectivity index (χ0) is 17.0. The van der Waals surface area contributed by atoms with E-state index < -0.39 is 23.3 Å². The van der Waals surface area contributed by atoms with Crippen molar-refractivity contribution in [1.29, 1.82) is 0 Å². The maximum absolute atomic E-state index is 14.5. The molecule has 2 rings (SSSR count). The highest BCUT2D eigenvalue weighted by Gasteiger charge is 2.22. The van der Waals surface area contributed by atoms with E-state index in [2.05, 4.69) is 5.32 Å². The minimum Gasteiger partial charge on any atom is -0.456 e. The summed E-state index contributed by atoms with van der Waals surface area (Å²) in [6, 6.07) is 12.6. The average Bonchev–Trinajstić information content (AvgIpc) is 2.48. The van der Waals surface area contributed by atoms with Gasteiger partial charge in [-0.05, 0) is 45.0 Å². The summed E-state index contributed by atoms with van der Waals surface area (Å²) in [6.45, 7) is 5.09. The van der Waals surface area contributed by atoms with E-state index >= 15 is 0 Å². The Morgan fingerprint density at radius 3 is 2.26 bits per heavy atom. The van der Waals surface area contributed by atoms with Gasteiger partial charge in [-0.3, -0.25) is 4.79 Å². The normalized spacial score (nSPS) is 11.0. The van der Waals surface area contributed by atoms with Crippen molar-refractivity contribution in [3.63, 3.8) is 0 Å². The van der Waals surface area contributed by atoms with E-state index in [4.69, 9.17) is 4.74 Å². The maximum atomic E-state index is 14.5. The fourth-order valence-electron chi connectivity index (χ4n) is 1.90. The lowest BCUT2D eigenvalue weighted by Crippen LogP contribution is -2.25. The molecule has 120 valence electrons. The minimum atomic E-state index is -0.814.